The van der Waals surface area contributed by atoms with Gasteiger partial charge in [0.15, 0.2) is 0 Å². The van der Waals surface area contributed by atoms with E-state index in [1.807, 2.05) is 6.92 Å². The number of hydrogen-bond donors (Lipinski definition) is 0. The van der Waals surface area contributed by atoms with E-state index in [-0.39, 0.29) is 56.3 Å². The van der Waals surface area contributed by atoms with Crippen LogP contribution < -0.4 is 0 Å². The van der Waals surface area contributed by atoms with Gasteiger partial charge >= 0.3 is 17.9 Å². The molecule has 0 bridgehead atoms. The molecular weight excluding hydrogens is 396 g/mol. The molecule has 0 aliphatic heterocycles. The third-order valence-corrected chi connectivity index (χ3v) is 3.41. The van der Waals surface area contributed by atoms with Crippen LogP contribution in [0.2, 0.25) is 0 Å². The Balaban J connectivity index is 2.94. The van der Waals surface area contributed by atoms with Crippen molar-refractivity contribution in [3.05, 3.63) is 60.6 Å². The lowest BCUT2D eigenvalue weighted by Crippen LogP contribution is -2.16. The Bertz CT molecular complexity index is 681. The molecule has 0 spiro atoms. The van der Waals surface area contributed by atoms with Crippen LogP contribution in [-0.4, -0.2) is 64.2 Å². The second-order valence-corrected chi connectivity index (χ2v) is 5.48. The fourth-order valence-corrected chi connectivity index (χ4v) is 2.10. The van der Waals surface area contributed by atoms with Crippen LogP contribution >= 0.6 is 0 Å². The number of hydrogen-bond acceptors (Lipinski definition) is 9. The van der Waals surface area contributed by atoms with E-state index in [4.69, 9.17) is 28.4 Å². The molecule has 1 aromatic carbocycles. The molecule has 0 saturated heterocycles. The number of carbonyl (C=O) groups excluding carboxylic acids is 3. The molecule has 0 saturated carbocycles. The Morgan fingerprint density at radius 1 is 0.700 bits per heavy atom. The highest BCUT2D eigenvalue weighted by Crippen LogP contribution is 2.15. The average Bonchev–Trinajstić information content (AvgIpc) is 2.76. The number of esters is 3. The SMILES string of the molecule is C=COCCOC(=O)c1cc(C(=O)OCCOC=C)cc(C(=O)OCCOCC)c1. The molecule has 1 rings (SSSR count). The summed E-state index contributed by atoms with van der Waals surface area (Å²) in [4.78, 5) is 36.9. The predicted octanol–water partition coefficient (Wildman–Crippen LogP) is 2.51. The fourth-order valence-electron chi connectivity index (χ4n) is 2.10. The first-order valence-electron chi connectivity index (χ1n) is 9.22. The Morgan fingerprint density at radius 3 is 1.40 bits per heavy atom. The molecule has 0 aliphatic carbocycles. The lowest BCUT2D eigenvalue weighted by molar-refractivity contribution is 0.0335. The van der Waals surface area contributed by atoms with Crippen LogP contribution in [0.15, 0.2) is 43.9 Å². The van der Waals surface area contributed by atoms with Crippen molar-refractivity contribution in [1.82, 2.24) is 0 Å². The first kappa shape index (κ1) is 24.7. The summed E-state index contributed by atoms with van der Waals surface area (Å²) in [6.45, 7) is 9.48. The van der Waals surface area contributed by atoms with Gasteiger partial charge in [-0.15, -0.1) is 0 Å². The van der Waals surface area contributed by atoms with Crippen LogP contribution in [0.25, 0.3) is 0 Å². The van der Waals surface area contributed by atoms with E-state index in [0.29, 0.717) is 6.61 Å². The van der Waals surface area contributed by atoms with Gasteiger partial charge in [-0.1, -0.05) is 13.2 Å². The summed E-state index contributed by atoms with van der Waals surface area (Å²) in [5.74, 6) is -2.20. The van der Waals surface area contributed by atoms with Crippen molar-refractivity contribution >= 4 is 17.9 Å². The van der Waals surface area contributed by atoms with Gasteiger partial charge < -0.3 is 28.4 Å². The standard InChI is InChI=1S/C21H26O9/c1-4-25-7-10-28-19(22)16-13-17(20(23)29-11-8-26-5-2)15-18(14-16)21(24)30-12-9-27-6-3/h4-5,13-15H,1-2,6-12H2,3H3. The van der Waals surface area contributed by atoms with Crippen molar-refractivity contribution in [2.45, 2.75) is 6.92 Å². The van der Waals surface area contributed by atoms with Crippen LogP contribution in [-0.2, 0) is 28.4 Å². The zero-order valence-corrected chi connectivity index (χ0v) is 16.9. The summed E-state index contributed by atoms with van der Waals surface area (Å²) in [5.41, 5.74) is -0.0260. The van der Waals surface area contributed by atoms with E-state index >= 15 is 0 Å². The molecule has 0 aliphatic rings. The van der Waals surface area contributed by atoms with E-state index in [9.17, 15) is 14.4 Å². The van der Waals surface area contributed by atoms with Gasteiger partial charge in [-0.05, 0) is 25.1 Å². The molecule has 0 aromatic heterocycles. The monoisotopic (exact) mass is 422 g/mol. The van der Waals surface area contributed by atoms with Crippen molar-refractivity contribution in [3.8, 4) is 0 Å². The average molecular weight is 422 g/mol. The zero-order chi connectivity index (χ0) is 22.2. The summed E-state index contributed by atoms with van der Waals surface area (Å²) in [6.07, 6.45) is 2.44. The van der Waals surface area contributed by atoms with Crippen molar-refractivity contribution in [3.63, 3.8) is 0 Å². The van der Waals surface area contributed by atoms with Crippen LogP contribution in [0, 0.1) is 0 Å². The summed E-state index contributed by atoms with van der Waals surface area (Å²) in [6, 6.07) is 3.82. The van der Waals surface area contributed by atoms with E-state index in [0.717, 1.165) is 0 Å². The Labute approximate surface area is 175 Å². The van der Waals surface area contributed by atoms with Gasteiger partial charge in [0.25, 0.3) is 0 Å². The van der Waals surface area contributed by atoms with E-state index in [2.05, 4.69) is 13.2 Å². The topological polar surface area (TPSA) is 107 Å². The Morgan fingerprint density at radius 2 is 1.07 bits per heavy atom. The lowest BCUT2D eigenvalue weighted by Gasteiger charge is -2.10. The molecule has 9 nitrogen and oxygen atoms in total. The molecule has 0 fully saturated rings. The predicted molar refractivity (Wildman–Crippen MR) is 106 cm³/mol. The minimum Gasteiger partial charge on any atom is -0.498 e. The molecule has 0 radical (unpaired) electrons. The first-order chi connectivity index (χ1) is 14.5. The van der Waals surface area contributed by atoms with Crippen LogP contribution in [0.3, 0.4) is 0 Å². The van der Waals surface area contributed by atoms with Gasteiger partial charge in [0.05, 0.1) is 35.8 Å². The highest BCUT2D eigenvalue weighted by atomic mass is 16.6. The fraction of sp³-hybridized carbons (Fsp3) is 0.381. The lowest BCUT2D eigenvalue weighted by atomic mass is 10.1. The summed E-state index contributed by atoms with van der Waals surface area (Å²) in [7, 11) is 0. The van der Waals surface area contributed by atoms with Gasteiger partial charge in [0.2, 0.25) is 0 Å². The second-order valence-electron chi connectivity index (χ2n) is 5.48. The summed E-state index contributed by atoms with van der Waals surface area (Å²) < 4.78 is 30.1. The van der Waals surface area contributed by atoms with Crippen molar-refractivity contribution in [1.29, 1.82) is 0 Å². The molecular formula is C21H26O9. The third kappa shape index (κ3) is 9.24. The first-order valence-corrected chi connectivity index (χ1v) is 9.22. The third-order valence-electron chi connectivity index (χ3n) is 3.41. The minimum absolute atomic E-state index is 0.00224. The Kier molecular flexibility index (Phi) is 12.1. The second kappa shape index (κ2) is 14.6. The van der Waals surface area contributed by atoms with E-state index in [1.54, 1.807) is 0 Å². The highest BCUT2D eigenvalue weighted by Gasteiger charge is 2.19. The number of rotatable bonds is 15. The normalized spacial score (nSPS) is 9.90. The van der Waals surface area contributed by atoms with Crippen molar-refractivity contribution < 1.29 is 42.8 Å². The maximum absolute atomic E-state index is 12.3. The van der Waals surface area contributed by atoms with Gasteiger partial charge in [-0.3, -0.25) is 0 Å². The van der Waals surface area contributed by atoms with Crippen molar-refractivity contribution in [2.75, 3.05) is 46.2 Å². The maximum atomic E-state index is 12.3. The van der Waals surface area contributed by atoms with Gasteiger partial charge in [0.1, 0.15) is 33.0 Å². The number of ether oxygens (including phenoxy) is 6. The minimum atomic E-state index is -0.740. The molecule has 1 aromatic rings. The quantitative estimate of drug-likeness (QED) is 0.182. The molecule has 30 heavy (non-hydrogen) atoms. The smallest absolute Gasteiger partial charge is 0.338 e. The highest BCUT2D eigenvalue weighted by molar-refractivity contribution is 6.00. The molecule has 0 unspecified atom stereocenters. The summed E-state index contributed by atoms with van der Waals surface area (Å²) in [5, 5.41) is 0. The van der Waals surface area contributed by atoms with Gasteiger partial charge in [-0.25, -0.2) is 14.4 Å². The van der Waals surface area contributed by atoms with E-state index in [1.165, 1.54) is 30.7 Å². The van der Waals surface area contributed by atoms with Gasteiger partial charge in [0, 0.05) is 6.61 Å². The zero-order valence-electron chi connectivity index (χ0n) is 16.9. The summed E-state index contributed by atoms with van der Waals surface area (Å²) >= 11 is 0. The van der Waals surface area contributed by atoms with Gasteiger partial charge in [-0.2, -0.15) is 0 Å². The molecule has 164 valence electrons. The van der Waals surface area contributed by atoms with Crippen LogP contribution in [0.5, 0.6) is 0 Å². The molecule has 0 atom stereocenters. The molecule has 0 amide bonds. The van der Waals surface area contributed by atoms with Crippen molar-refractivity contribution in [2.24, 2.45) is 0 Å². The Hall–Kier alpha value is -3.33. The number of carbonyl (C=O) groups is 3. The maximum Gasteiger partial charge on any atom is 0.338 e. The number of benzene rings is 1. The largest absolute Gasteiger partial charge is 0.498 e. The molecule has 9 heteroatoms. The van der Waals surface area contributed by atoms with E-state index < -0.39 is 17.9 Å². The van der Waals surface area contributed by atoms with Crippen LogP contribution in [0.4, 0.5) is 0 Å². The molecule has 0 N–H and O–H groups in total. The molecule has 0 heterocycles. The van der Waals surface area contributed by atoms with Crippen LogP contribution in [0.1, 0.15) is 38.0 Å².